The van der Waals surface area contributed by atoms with Gasteiger partial charge in [0, 0.05) is 5.56 Å². The van der Waals surface area contributed by atoms with E-state index in [0.717, 1.165) is 18.9 Å². The molecule has 1 aromatic rings. The molecule has 0 unspecified atom stereocenters. The number of aliphatic hydroxyl groups excluding tert-OH is 1. The van der Waals surface area contributed by atoms with Gasteiger partial charge in [-0.2, -0.15) is 0 Å². The second-order valence-electron chi connectivity index (χ2n) is 4.68. The monoisotopic (exact) mass is 266 g/mol. The molecule has 0 aliphatic heterocycles. The molecule has 1 aliphatic carbocycles. The summed E-state index contributed by atoms with van der Waals surface area (Å²) in [6.07, 6.45) is 1.49. The van der Waals surface area contributed by atoms with Crippen molar-refractivity contribution in [3.05, 3.63) is 35.6 Å². The van der Waals surface area contributed by atoms with Crippen LogP contribution in [-0.2, 0) is 4.79 Å². The molecule has 0 aromatic heterocycles. The molecule has 0 heterocycles. The van der Waals surface area contributed by atoms with Crippen molar-refractivity contribution < 1.29 is 19.1 Å². The number of hydrogen-bond donors (Lipinski definition) is 3. The Labute approximate surface area is 109 Å². The molecule has 19 heavy (non-hydrogen) atoms. The van der Waals surface area contributed by atoms with Crippen molar-refractivity contribution in [3.8, 4) is 0 Å². The van der Waals surface area contributed by atoms with Crippen molar-refractivity contribution in [2.75, 3.05) is 13.2 Å². The molecule has 0 bridgehead atoms. The van der Waals surface area contributed by atoms with Gasteiger partial charge in [0.05, 0.1) is 18.7 Å². The van der Waals surface area contributed by atoms with E-state index in [0.29, 0.717) is 0 Å². The van der Waals surface area contributed by atoms with E-state index >= 15 is 0 Å². The predicted octanol–water partition coefficient (Wildman–Crippen LogP) is 0.197. The van der Waals surface area contributed by atoms with Crippen molar-refractivity contribution >= 4 is 11.8 Å². The standard InChI is InChI=1S/C13H15FN2O3/c14-10-3-1-2-9(6-10)12(19)15-7-11(18)16-13(8-17)4-5-13/h1-3,6,17H,4-5,7-8H2,(H,15,19)(H,16,18). The molecule has 2 rings (SSSR count). The van der Waals surface area contributed by atoms with Gasteiger partial charge < -0.3 is 15.7 Å². The summed E-state index contributed by atoms with van der Waals surface area (Å²) >= 11 is 0. The molecular weight excluding hydrogens is 251 g/mol. The SMILES string of the molecule is O=C(CNC(=O)c1cccc(F)c1)NC1(CO)CC1. The van der Waals surface area contributed by atoms with Crippen LogP contribution in [0.1, 0.15) is 23.2 Å². The second kappa shape index (κ2) is 5.36. The van der Waals surface area contributed by atoms with Crippen LogP contribution < -0.4 is 10.6 Å². The fraction of sp³-hybridized carbons (Fsp3) is 0.385. The molecule has 0 radical (unpaired) electrons. The van der Waals surface area contributed by atoms with Gasteiger partial charge in [0.1, 0.15) is 5.82 Å². The van der Waals surface area contributed by atoms with Gasteiger partial charge in [0.15, 0.2) is 0 Å². The third-order valence-electron chi connectivity index (χ3n) is 3.06. The summed E-state index contributed by atoms with van der Waals surface area (Å²) in [7, 11) is 0. The second-order valence-corrected chi connectivity index (χ2v) is 4.68. The third-order valence-corrected chi connectivity index (χ3v) is 3.06. The largest absolute Gasteiger partial charge is 0.394 e. The van der Waals surface area contributed by atoms with Gasteiger partial charge in [0.2, 0.25) is 5.91 Å². The topological polar surface area (TPSA) is 78.4 Å². The molecule has 6 heteroatoms. The number of halogens is 1. The van der Waals surface area contributed by atoms with Crippen molar-refractivity contribution in [1.82, 2.24) is 10.6 Å². The summed E-state index contributed by atoms with van der Waals surface area (Å²) in [5, 5.41) is 14.1. The normalized spacial score (nSPS) is 15.7. The number of carbonyl (C=O) groups excluding carboxylic acids is 2. The van der Waals surface area contributed by atoms with Gasteiger partial charge in [0.25, 0.3) is 5.91 Å². The fourth-order valence-corrected chi connectivity index (χ4v) is 1.71. The van der Waals surface area contributed by atoms with E-state index in [-0.39, 0.29) is 24.6 Å². The Morgan fingerprint density at radius 3 is 2.68 bits per heavy atom. The minimum atomic E-state index is -0.511. The first-order chi connectivity index (χ1) is 9.04. The van der Waals surface area contributed by atoms with Gasteiger partial charge in [-0.1, -0.05) is 6.07 Å². The molecule has 1 fully saturated rings. The molecule has 102 valence electrons. The lowest BCUT2D eigenvalue weighted by Crippen LogP contribution is -2.45. The number of carbonyl (C=O) groups is 2. The van der Waals surface area contributed by atoms with Crippen molar-refractivity contribution in [3.63, 3.8) is 0 Å². The molecular formula is C13H15FN2O3. The van der Waals surface area contributed by atoms with E-state index in [2.05, 4.69) is 10.6 Å². The summed E-state index contributed by atoms with van der Waals surface area (Å²) in [6.45, 7) is -0.298. The highest BCUT2D eigenvalue weighted by molar-refractivity contribution is 5.96. The molecule has 0 atom stereocenters. The zero-order chi connectivity index (χ0) is 13.9. The van der Waals surface area contributed by atoms with Crippen LogP contribution in [0, 0.1) is 5.82 Å². The predicted molar refractivity (Wildman–Crippen MR) is 65.9 cm³/mol. The Morgan fingerprint density at radius 2 is 2.11 bits per heavy atom. The van der Waals surface area contributed by atoms with Gasteiger partial charge in [-0.05, 0) is 31.0 Å². The van der Waals surface area contributed by atoms with Crippen molar-refractivity contribution in [2.45, 2.75) is 18.4 Å². The quantitative estimate of drug-likeness (QED) is 0.712. The number of amides is 2. The maximum absolute atomic E-state index is 12.9. The first-order valence-electron chi connectivity index (χ1n) is 6.00. The average molecular weight is 266 g/mol. The summed E-state index contributed by atoms with van der Waals surface area (Å²) in [6, 6.07) is 5.23. The van der Waals surface area contributed by atoms with Crippen LogP contribution in [0.25, 0.3) is 0 Å². The number of hydrogen-bond acceptors (Lipinski definition) is 3. The first kappa shape index (κ1) is 13.5. The van der Waals surface area contributed by atoms with Crippen LogP contribution in [0.5, 0.6) is 0 Å². The number of rotatable bonds is 5. The molecule has 3 N–H and O–H groups in total. The summed E-state index contributed by atoms with van der Waals surface area (Å²) in [4.78, 5) is 23.2. The minimum absolute atomic E-state index is 0.101. The maximum atomic E-state index is 12.9. The van der Waals surface area contributed by atoms with Crippen molar-refractivity contribution in [2.24, 2.45) is 0 Å². The number of nitrogens with one attached hydrogen (secondary N) is 2. The Morgan fingerprint density at radius 1 is 1.37 bits per heavy atom. The number of aliphatic hydroxyl groups is 1. The Balaban J connectivity index is 1.82. The molecule has 1 aliphatic rings. The van der Waals surface area contributed by atoms with Gasteiger partial charge in [-0.3, -0.25) is 9.59 Å². The third kappa shape index (κ3) is 3.51. The van der Waals surface area contributed by atoms with Crippen LogP contribution in [-0.4, -0.2) is 35.6 Å². The highest BCUT2D eigenvalue weighted by atomic mass is 19.1. The highest BCUT2D eigenvalue weighted by Crippen LogP contribution is 2.34. The Bertz CT molecular complexity index is 500. The molecule has 2 amide bonds. The lowest BCUT2D eigenvalue weighted by molar-refractivity contribution is -0.121. The first-order valence-corrected chi connectivity index (χ1v) is 6.00. The molecule has 0 spiro atoms. The van der Waals surface area contributed by atoms with Gasteiger partial charge in [-0.25, -0.2) is 4.39 Å². The van der Waals surface area contributed by atoms with Gasteiger partial charge in [-0.15, -0.1) is 0 Å². The smallest absolute Gasteiger partial charge is 0.251 e. The van der Waals surface area contributed by atoms with E-state index in [1.54, 1.807) is 0 Å². The van der Waals surface area contributed by atoms with Crippen LogP contribution >= 0.6 is 0 Å². The van der Waals surface area contributed by atoms with E-state index in [4.69, 9.17) is 5.11 Å². The molecule has 1 aromatic carbocycles. The van der Waals surface area contributed by atoms with Crippen LogP contribution in [0.3, 0.4) is 0 Å². The minimum Gasteiger partial charge on any atom is -0.394 e. The van der Waals surface area contributed by atoms with Crippen LogP contribution in [0.2, 0.25) is 0 Å². The van der Waals surface area contributed by atoms with E-state index in [9.17, 15) is 14.0 Å². The molecule has 5 nitrogen and oxygen atoms in total. The van der Waals surface area contributed by atoms with E-state index in [1.807, 2.05) is 0 Å². The highest BCUT2D eigenvalue weighted by Gasteiger charge is 2.43. The zero-order valence-corrected chi connectivity index (χ0v) is 10.3. The Kier molecular flexibility index (Phi) is 3.80. The van der Waals surface area contributed by atoms with Gasteiger partial charge >= 0.3 is 0 Å². The lowest BCUT2D eigenvalue weighted by atomic mass is 10.2. The van der Waals surface area contributed by atoms with E-state index in [1.165, 1.54) is 18.2 Å². The Hall–Kier alpha value is -1.95. The fourth-order valence-electron chi connectivity index (χ4n) is 1.71. The van der Waals surface area contributed by atoms with Crippen LogP contribution in [0.4, 0.5) is 4.39 Å². The number of benzene rings is 1. The average Bonchev–Trinajstić information content (AvgIpc) is 3.16. The van der Waals surface area contributed by atoms with E-state index < -0.39 is 17.3 Å². The van der Waals surface area contributed by atoms with Crippen LogP contribution in [0.15, 0.2) is 24.3 Å². The summed E-state index contributed by atoms with van der Waals surface area (Å²) in [5.74, 6) is -1.38. The lowest BCUT2D eigenvalue weighted by Gasteiger charge is -2.14. The molecule has 1 saturated carbocycles. The zero-order valence-electron chi connectivity index (χ0n) is 10.3. The van der Waals surface area contributed by atoms with Crippen molar-refractivity contribution in [1.29, 1.82) is 0 Å². The summed E-state index contributed by atoms with van der Waals surface area (Å²) in [5.41, 5.74) is -0.336. The summed E-state index contributed by atoms with van der Waals surface area (Å²) < 4.78 is 12.9. The molecule has 0 saturated heterocycles. The maximum Gasteiger partial charge on any atom is 0.251 e.